The van der Waals surface area contributed by atoms with E-state index in [-0.39, 0.29) is 11.5 Å². The van der Waals surface area contributed by atoms with Gasteiger partial charge in [-0.05, 0) is 12.1 Å². The molecule has 0 aliphatic rings. The predicted molar refractivity (Wildman–Crippen MR) is 56.5 cm³/mol. The summed E-state index contributed by atoms with van der Waals surface area (Å²) in [5.74, 6) is -0.287. The number of nitrogens with one attached hydrogen (secondary N) is 1. The molecule has 2 rings (SSSR count). The number of nitrogens with two attached hydrogens (primary N) is 1. The number of H-pyrrole nitrogens is 1. The van der Waals surface area contributed by atoms with Crippen LogP contribution in [0.1, 0.15) is 11.1 Å². The minimum Gasteiger partial charge on any atom is -0.369 e. The van der Waals surface area contributed by atoms with Crippen LogP contribution in [0.4, 0.5) is 19.1 Å². The highest BCUT2D eigenvalue weighted by atomic mass is 19.4. The van der Waals surface area contributed by atoms with Gasteiger partial charge in [0.25, 0.3) is 5.56 Å². The molecule has 92 valence electrons. The van der Waals surface area contributed by atoms with E-state index < -0.39 is 28.2 Å². The van der Waals surface area contributed by atoms with Crippen molar-refractivity contribution >= 4 is 16.9 Å². The van der Waals surface area contributed by atoms with Crippen LogP contribution in [0, 0.1) is 11.3 Å². The van der Waals surface area contributed by atoms with E-state index in [0.29, 0.717) is 0 Å². The lowest BCUT2D eigenvalue weighted by molar-refractivity contribution is -0.136. The minimum absolute atomic E-state index is 0.206. The number of nitrogens with zero attached hydrogens (tertiary/aromatic N) is 2. The van der Waals surface area contributed by atoms with Crippen molar-refractivity contribution in [1.29, 1.82) is 5.26 Å². The molecule has 5 nitrogen and oxygen atoms in total. The highest BCUT2D eigenvalue weighted by Crippen LogP contribution is 2.35. The van der Waals surface area contributed by atoms with Crippen LogP contribution >= 0.6 is 0 Å². The van der Waals surface area contributed by atoms with E-state index in [1.807, 2.05) is 4.98 Å². The molecule has 2 aromatic rings. The molecule has 0 fully saturated rings. The van der Waals surface area contributed by atoms with Crippen molar-refractivity contribution in [2.75, 3.05) is 5.73 Å². The summed E-state index contributed by atoms with van der Waals surface area (Å²) in [6.45, 7) is 0. The molecule has 0 unspecified atom stereocenters. The number of aromatic amines is 1. The topological polar surface area (TPSA) is 95.6 Å². The van der Waals surface area contributed by atoms with Crippen LogP contribution in [-0.2, 0) is 6.18 Å². The number of alkyl halides is 3. The number of hydrogen-bond acceptors (Lipinski definition) is 4. The number of anilines is 1. The zero-order chi connectivity index (χ0) is 13.5. The van der Waals surface area contributed by atoms with E-state index >= 15 is 0 Å². The fourth-order valence-electron chi connectivity index (χ4n) is 1.64. The molecule has 0 spiro atoms. The summed E-state index contributed by atoms with van der Waals surface area (Å²) in [4.78, 5) is 17.1. The Morgan fingerprint density at radius 3 is 2.61 bits per heavy atom. The summed E-state index contributed by atoms with van der Waals surface area (Å²) < 4.78 is 38.6. The lowest BCUT2D eigenvalue weighted by atomic mass is 10.0. The van der Waals surface area contributed by atoms with Gasteiger partial charge in [-0.25, -0.2) is 4.98 Å². The fraction of sp³-hybridized carbons (Fsp3) is 0.100. The first kappa shape index (κ1) is 11.9. The second-order valence-electron chi connectivity index (χ2n) is 3.44. The second kappa shape index (κ2) is 3.73. The van der Waals surface area contributed by atoms with Gasteiger partial charge < -0.3 is 5.73 Å². The molecular formula is C10H5F3N4O. The van der Waals surface area contributed by atoms with Crippen molar-refractivity contribution in [2.24, 2.45) is 0 Å². The Morgan fingerprint density at radius 1 is 1.39 bits per heavy atom. The predicted octanol–water partition coefficient (Wildman–Crippen LogP) is 1.40. The quantitative estimate of drug-likeness (QED) is 0.742. The van der Waals surface area contributed by atoms with Gasteiger partial charge in [-0.2, -0.15) is 18.4 Å². The molecule has 1 aromatic carbocycles. The van der Waals surface area contributed by atoms with Gasteiger partial charge in [0.2, 0.25) is 5.95 Å². The number of aromatic nitrogens is 2. The Labute approximate surface area is 97.7 Å². The first-order valence-corrected chi connectivity index (χ1v) is 4.64. The normalized spacial score (nSPS) is 11.4. The van der Waals surface area contributed by atoms with Crippen LogP contribution in [0.3, 0.4) is 0 Å². The average molecular weight is 254 g/mol. The SMILES string of the molecule is N#Cc1ccc2nc(N)[nH]c(=O)c2c1C(F)(F)F. The Morgan fingerprint density at radius 2 is 2.06 bits per heavy atom. The first-order chi connectivity index (χ1) is 8.34. The number of hydrogen-bond donors (Lipinski definition) is 2. The monoisotopic (exact) mass is 254 g/mol. The van der Waals surface area contributed by atoms with E-state index in [1.54, 1.807) is 0 Å². The van der Waals surface area contributed by atoms with Crippen LogP contribution in [0.2, 0.25) is 0 Å². The van der Waals surface area contributed by atoms with Crippen LogP contribution < -0.4 is 11.3 Å². The molecule has 3 N–H and O–H groups in total. The minimum atomic E-state index is -4.82. The van der Waals surface area contributed by atoms with Gasteiger partial charge >= 0.3 is 6.18 Å². The molecule has 0 saturated heterocycles. The fourth-order valence-corrected chi connectivity index (χ4v) is 1.64. The number of fused-ring (bicyclic) bond motifs is 1. The van der Waals surface area contributed by atoms with E-state index in [4.69, 9.17) is 11.0 Å². The summed E-state index contributed by atoms with van der Waals surface area (Å²) in [5.41, 5.74) is 2.08. The van der Waals surface area contributed by atoms with Gasteiger partial charge in [0.1, 0.15) is 0 Å². The summed E-state index contributed by atoms with van der Waals surface area (Å²) >= 11 is 0. The molecule has 0 radical (unpaired) electrons. The van der Waals surface area contributed by atoms with Gasteiger partial charge in [0.15, 0.2) is 0 Å². The third-order valence-corrected chi connectivity index (χ3v) is 2.30. The Balaban J connectivity index is 3.05. The molecule has 0 aliphatic carbocycles. The zero-order valence-electron chi connectivity index (χ0n) is 8.67. The summed E-state index contributed by atoms with van der Waals surface area (Å²) in [6, 6.07) is 3.51. The third-order valence-electron chi connectivity index (χ3n) is 2.30. The van der Waals surface area contributed by atoms with Crippen LogP contribution in [0.15, 0.2) is 16.9 Å². The Hall–Kier alpha value is -2.56. The zero-order valence-corrected chi connectivity index (χ0v) is 8.67. The lowest BCUT2D eigenvalue weighted by Gasteiger charge is -2.11. The van der Waals surface area contributed by atoms with Crippen molar-refractivity contribution in [3.63, 3.8) is 0 Å². The van der Waals surface area contributed by atoms with E-state index in [9.17, 15) is 18.0 Å². The maximum absolute atomic E-state index is 12.9. The largest absolute Gasteiger partial charge is 0.418 e. The summed E-state index contributed by atoms with van der Waals surface area (Å²) in [6.07, 6.45) is -4.82. The molecule has 18 heavy (non-hydrogen) atoms. The number of nitriles is 1. The third kappa shape index (κ3) is 1.75. The van der Waals surface area contributed by atoms with Gasteiger partial charge in [-0.1, -0.05) is 0 Å². The van der Waals surface area contributed by atoms with Crippen LogP contribution in [0.5, 0.6) is 0 Å². The summed E-state index contributed by atoms with van der Waals surface area (Å²) in [7, 11) is 0. The number of nitrogen functional groups attached to an aromatic ring is 1. The molecular weight excluding hydrogens is 249 g/mol. The van der Waals surface area contributed by atoms with E-state index in [0.717, 1.165) is 12.1 Å². The molecule has 0 bridgehead atoms. The Bertz CT molecular complexity index is 727. The standard InChI is InChI=1S/C10H5F3N4O/c11-10(12,13)7-4(3-14)1-2-5-6(7)8(18)17-9(15)16-5/h1-2H,(H3,15,16,17,18). The van der Waals surface area contributed by atoms with Crippen molar-refractivity contribution < 1.29 is 13.2 Å². The van der Waals surface area contributed by atoms with Crippen LogP contribution in [-0.4, -0.2) is 9.97 Å². The first-order valence-electron chi connectivity index (χ1n) is 4.64. The molecule has 1 aromatic heterocycles. The lowest BCUT2D eigenvalue weighted by Crippen LogP contribution is -2.18. The molecule has 1 heterocycles. The Kier molecular flexibility index (Phi) is 2.47. The van der Waals surface area contributed by atoms with Gasteiger partial charge in [-0.15, -0.1) is 0 Å². The average Bonchev–Trinajstić information content (AvgIpc) is 2.26. The molecule has 0 aliphatic heterocycles. The maximum atomic E-state index is 12.9. The molecule has 0 saturated carbocycles. The molecule has 8 heteroatoms. The number of benzene rings is 1. The second-order valence-corrected chi connectivity index (χ2v) is 3.44. The van der Waals surface area contributed by atoms with Crippen molar-refractivity contribution in [2.45, 2.75) is 6.18 Å². The molecule has 0 atom stereocenters. The van der Waals surface area contributed by atoms with Gasteiger partial charge in [0.05, 0.1) is 28.1 Å². The van der Waals surface area contributed by atoms with E-state index in [1.165, 1.54) is 6.07 Å². The summed E-state index contributed by atoms with van der Waals surface area (Å²) in [5, 5.41) is 7.99. The number of rotatable bonds is 0. The van der Waals surface area contributed by atoms with Crippen molar-refractivity contribution in [3.05, 3.63) is 33.6 Å². The highest BCUT2D eigenvalue weighted by molar-refractivity contribution is 5.84. The highest BCUT2D eigenvalue weighted by Gasteiger charge is 2.37. The van der Waals surface area contributed by atoms with Crippen molar-refractivity contribution in [3.8, 4) is 6.07 Å². The van der Waals surface area contributed by atoms with Crippen LogP contribution in [0.25, 0.3) is 10.9 Å². The maximum Gasteiger partial charge on any atom is 0.418 e. The van der Waals surface area contributed by atoms with Crippen molar-refractivity contribution in [1.82, 2.24) is 9.97 Å². The van der Waals surface area contributed by atoms with Gasteiger partial charge in [-0.3, -0.25) is 9.78 Å². The number of halogens is 3. The smallest absolute Gasteiger partial charge is 0.369 e. The van der Waals surface area contributed by atoms with E-state index in [2.05, 4.69) is 4.98 Å². The van der Waals surface area contributed by atoms with Gasteiger partial charge in [0, 0.05) is 0 Å². The molecule has 0 amide bonds.